The molecule has 1 heterocycles. The lowest BCUT2D eigenvalue weighted by Gasteiger charge is -2.09. The summed E-state index contributed by atoms with van der Waals surface area (Å²) in [4.78, 5) is 14.7. The van der Waals surface area contributed by atoms with Crippen LogP contribution >= 0.6 is 11.3 Å². The normalized spacial score (nSPS) is 11.3. The topological polar surface area (TPSA) is 78.9 Å². The second kappa shape index (κ2) is 10.1. The molecular weight excluding hydrogens is 508 g/mol. The second-order valence-corrected chi connectivity index (χ2v) is 10.7. The van der Waals surface area contributed by atoms with Crippen LogP contribution in [0.15, 0.2) is 102 Å². The van der Waals surface area contributed by atoms with Crippen LogP contribution in [0.1, 0.15) is 15.9 Å². The number of fused-ring (bicyclic) bond motifs is 1. The van der Waals surface area contributed by atoms with Crippen LogP contribution in [0.5, 0.6) is 17.2 Å². The van der Waals surface area contributed by atoms with Gasteiger partial charge in [-0.3, -0.25) is 4.79 Å². The van der Waals surface area contributed by atoms with Crippen molar-refractivity contribution in [2.75, 3.05) is 14.2 Å². The fourth-order valence-corrected chi connectivity index (χ4v) is 6.13. The van der Waals surface area contributed by atoms with Crippen LogP contribution in [0.25, 0.3) is 20.5 Å². The van der Waals surface area contributed by atoms with Gasteiger partial charge < -0.3 is 13.7 Å². The molecule has 5 rings (SSSR count). The van der Waals surface area contributed by atoms with Gasteiger partial charge in [0.1, 0.15) is 22.1 Å². The third kappa shape index (κ3) is 4.94. The van der Waals surface area contributed by atoms with Gasteiger partial charge in [0.2, 0.25) is 0 Å². The Labute approximate surface area is 218 Å². The van der Waals surface area contributed by atoms with Crippen LogP contribution in [-0.4, -0.2) is 28.4 Å². The number of benzene rings is 4. The summed E-state index contributed by atoms with van der Waals surface area (Å²) in [6, 6.07) is 27.2. The third-order valence-electron chi connectivity index (χ3n) is 5.83. The van der Waals surface area contributed by atoms with Gasteiger partial charge in [-0.15, -0.1) is 11.3 Å². The number of hydrogen-bond acceptors (Lipinski definition) is 7. The van der Waals surface area contributed by atoms with Crippen molar-refractivity contribution in [2.24, 2.45) is 0 Å². The first-order valence-electron chi connectivity index (χ1n) is 11.3. The van der Waals surface area contributed by atoms with Crippen LogP contribution in [0, 0.1) is 0 Å². The van der Waals surface area contributed by atoms with Gasteiger partial charge in [0, 0.05) is 26.1 Å². The first kappa shape index (κ1) is 24.5. The molecule has 0 aliphatic heterocycles. The van der Waals surface area contributed by atoms with Crippen LogP contribution in [0.2, 0.25) is 0 Å². The molecule has 37 heavy (non-hydrogen) atoms. The van der Waals surface area contributed by atoms with E-state index in [1.165, 1.54) is 35.6 Å². The molecule has 186 valence electrons. The Bertz CT molecular complexity index is 1670. The van der Waals surface area contributed by atoms with Crippen molar-refractivity contribution in [3.8, 4) is 27.7 Å². The van der Waals surface area contributed by atoms with Gasteiger partial charge in [0.15, 0.2) is 5.78 Å². The van der Waals surface area contributed by atoms with Crippen molar-refractivity contribution < 1.29 is 26.9 Å². The molecule has 0 N–H and O–H groups in total. The lowest BCUT2D eigenvalue weighted by molar-refractivity contribution is 0.104. The maximum absolute atomic E-state index is 13.8. The van der Waals surface area contributed by atoms with Gasteiger partial charge in [-0.25, -0.2) is 0 Å². The van der Waals surface area contributed by atoms with Crippen molar-refractivity contribution in [1.29, 1.82) is 0 Å². The predicted molar refractivity (Wildman–Crippen MR) is 144 cm³/mol. The van der Waals surface area contributed by atoms with E-state index in [0.717, 1.165) is 26.3 Å². The van der Waals surface area contributed by atoms with Gasteiger partial charge in [-0.05, 0) is 84.4 Å². The summed E-state index contributed by atoms with van der Waals surface area (Å²) in [7, 11) is -0.770. The van der Waals surface area contributed by atoms with E-state index in [1.54, 1.807) is 44.6 Å². The maximum atomic E-state index is 13.8. The van der Waals surface area contributed by atoms with Crippen molar-refractivity contribution in [3.63, 3.8) is 0 Å². The molecule has 0 spiro atoms. The number of hydrogen-bond donors (Lipinski definition) is 0. The zero-order valence-electron chi connectivity index (χ0n) is 20.0. The molecular formula is C29H22O6S2. The first-order valence-corrected chi connectivity index (χ1v) is 13.5. The minimum Gasteiger partial charge on any atom is -0.497 e. The van der Waals surface area contributed by atoms with Crippen LogP contribution in [-0.2, 0) is 10.1 Å². The Morgan fingerprint density at radius 2 is 1.35 bits per heavy atom. The monoisotopic (exact) mass is 530 g/mol. The smallest absolute Gasteiger partial charge is 0.339 e. The summed E-state index contributed by atoms with van der Waals surface area (Å²) in [5.41, 5.74) is 1.87. The number of methoxy groups -OCH3 is 2. The lowest BCUT2D eigenvalue weighted by atomic mass is 9.97. The SMILES string of the molecule is COc1ccc(-c2sc3cc(OC)ccc3c2C(=O)c2ccc(OS(=O)(=O)c3ccccc3)cc2)cc1. The number of ether oxygens (including phenoxy) is 2. The average molecular weight is 531 g/mol. The molecule has 0 atom stereocenters. The largest absolute Gasteiger partial charge is 0.497 e. The lowest BCUT2D eigenvalue weighted by Crippen LogP contribution is -2.09. The van der Waals surface area contributed by atoms with E-state index in [1.807, 2.05) is 42.5 Å². The van der Waals surface area contributed by atoms with Crippen molar-refractivity contribution >= 4 is 37.3 Å². The summed E-state index contributed by atoms with van der Waals surface area (Å²) in [6.07, 6.45) is 0. The summed E-state index contributed by atoms with van der Waals surface area (Å²) < 4.78 is 41.9. The van der Waals surface area contributed by atoms with Gasteiger partial charge in [0.05, 0.1) is 14.2 Å². The molecule has 0 saturated heterocycles. The fourth-order valence-electron chi connectivity index (χ4n) is 3.94. The predicted octanol–water partition coefficient (Wildman–Crippen LogP) is 6.58. The van der Waals surface area contributed by atoms with Crippen LogP contribution in [0.3, 0.4) is 0 Å². The zero-order valence-corrected chi connectivity index (χ0v) is 21.6. The van der Waals surface area contributed by atoms with Gasteiger partial charge in [-0.2, -0.15) is 8.42 Å². The molecule has 0 aliphatic rings. The standard InChI is InChI=1S/C29H22O6S2/c1-33-21-12-10-20(11-13-21)29-27(25-17-16-23(34-2)18-26(25)36-29)28(30)19-8-14-22(15-9-19)35-37(31,32)24-6-4-3-5-7-24/h3-18H,1-2H3. The highest BCUT2D eigenvalue weighted by Gasteiger charge is 2.23. The van der Waals surface area contributed by atoms with E-state index in [0.29, 0.717) is 16.9 Å². The Morgan fingerprint density at radius 1 is 0.730 bits per heavy atom. The van der Waals surface area contributed by atoms with Crippen molar-refractivity contribution in [1.82, 2.24) is 0 Å². The van der Waals surface area contributed by atoms with Crippen LogP contribution < -0.4 is 13.7 Å². The van der Waals surface area contributed by atoms with Gasteiger partial charge in [0.25, 0.3) is 0 Å². The molecule has 0 aliphatic carbocycles. The Morgan fingerprint density at radius 3 is 2.00 bits per heavy atom. The molecule has 8 heteroatoms. The summed E-state index contributed by atoms with van der Waals surface area (Å²) in [5.74, 6) is 1.37. The molecule has 0 amide bonds. The highest BCUT2D eigenvalue weighted by atomic mass is 32.2. The van der Waals surface area contributed by atoms with Crippen molar-refractivity contribution in [2.45, 2.75) is 4.90 Å². The van der Waals surface area contributed by atoms with Crippen molar-refractivity contribution in [3.05, 3.63) is 108 Å². The molecule has 0 bridgehead atoms. The van der Waals surface area contributed by atoms with Gasteiger partial charge >= 0.3 is 10.1 Å². The quantitative estimate of drug-likeness (QED) is 0.166. The Kier molecular flexibility index (Phi) is 6.69. The summed E-state index contributed by atoms with van der Waals surface area (Å²) in [6.45, 7) is 0. The molecule has 0 saturated carbocycles. The zero-order chi connectivity index (χ0) is 26.0. The number of thiophene rings is 1. The van der Waals surface area contributed by atoms with E-state index < -0.39 is 10.1 Å². The molecule has 0 radical (unpaired) electrons. The summed E-state index contributed by atoms with van der Waals surface area (Å²) >= 11 is 1.51. The average Bonchev–Trinajstić information content (AvgIpc) is 3.32. The van der Waals surface area contributed by atoms with E-state index in [2.05, 4.69) is 0 Å². The third-order valence-corrected chi connectivity index (χ3v) is 8.29. The number of carbonyl (C=O) groups is 1. The number of carbonyl (C=O) groups excluding carboxylic acids is 1. The Hall–Kier alpha value is -4.14. The van der Waals surface area contributed by atoms with E-state index in [-0.39, 0.29) is 16.4 Å². The molecule has 5 aromatic rings. The Balaban J connectivity index is 1.52. The minimum absolute atomic E-state index is 0.0551. The number of rotatable bonds is 8. The van der Waals surface area contributed by atoms with Crippen LogP contribution in [0.4, 0.5) is 0 Å². The van der Waals surface area contributed by atoms with E-state index >= 15 is 0 Å². The highest BCUT2D eigenvalue weighted by Crippen LogP contribution is 2.41. The highest BCUT2D eigenvalue weighted by molar-refractivity contribution is 7.87. The molecule has 4 aromatic carbocycles. The molecule has 0 fully saturated rings. The summed E-state index contributed by atoms with van der Waals surface area (Å²) in [5, 5.41) is 0.814. The minimum atomic E-state index is -3.98. The molecule has 0 unspecified atom stereocenters. The van der Waals surface area contributed by atoms with Gasteiger partial charge in [-0.1, -0.05) is 18.2 Å². The maximum Gasteiger partial charge on any atom is 0.339 e. The second-order valence-electron chi connectivity index (χ2n) is 8.10. The first-order chi connectivity index (χ1) is 17.9. The molecule has 1 aromatic heterocycles. The number of ketones is 1. The van der Waals surface area contributed by atoms with E-state index in [9.17, 15) is 13.2 Å². The fraction of sp³-hybridized carbons (Fsp3) is 0.0690. The molecule has 6 nitrogen and oxygen atoms in total. The van der Waals surface area contributed by atoms with E-state index in [4.69, 9.17) is 13.7 Å².